The molecule has 0 atom stereocenters. The van der Waals surface area contributed by atoms with Gasteiger partial charge in [-0.25, -0.2) is 9.30 Å². The van der Waals surface area contributed by atoms with Gasteiger partial charge in [-0.2, -0.15) is 11.8 Å². The van der Waals surface area contributed by atoms with E-state index in [1.807, 2.05) is 42.1 Å². The van der Waals surface area contributed by atoms with E-state index in [1.54, 1.807) is 0 Å². The van der Waals surface area contributed by atoms with Crippen LogP contribution in [0.4, 0.5) is 5.13 Å². The Bertz CT molecular complexity index is 751. The highest BCUT2D eigenvalue weighted by atomic mass is 32.2. The van der Waals surface area contributed by atoms with Gasteiger partial charge >= 0.3 is 0 Å². The molecule has 3 N–H and O–H groups in total. The number of hydrogen-bond donors (Lipinski definition) is 2. The Balaban J connectivity index is 1.32. The van der Waals surface area contributed by atoms with Crippen LogP contribution in [0.1, 0.15) is 10.6 Å². The number of nitrogens with zero attached hydrogens (tertiary/aromatic N) is 4. The lowest BCUT2D eigenvalue weighted by molar-refractivity contribution is -0.115. The first-order valence-corrected chi connectivity index (χ1v) is 10.9. The highest BCUT2D eigenvalue weighted by Crippen LogP contribution is 2.19. The predicted octanol–water partition coefficient (Wildman–Crippen LogP) is 2.23. The number of carbonyl (C=O) groups excluding carboxylic acids is 1. The average Bonchev–Trinajstić information content (AvgIpc) is 3.24. The van der Waals surface area contributed by atoms with E-state index < -0.39 is 0 Å². The monoisotopic (exact) mass is 408 g/mol. The number of amides is 1. The molecule has 26 heavy (non-hydrogen) atoms. The number of nitrogens with two attached hydrogens (primary N) is 1. The average molecular weight is 409 g/mol. The molecule has 2 aromatic rings. The number of hydrogen-bond acceptors (Lipinski definition) is 9. The van der Waals surface area contributed by atoms with Crippen molar-refractivity contribution in [1.29, 1.82) is 0 Å². The molecule has 0 spiro atoms. The minimum absolute atomic E-state index is 0.0714. The maximum atomic E-state index is 12.0. The normalized spacial score (nSPS) is 14.4. The fourth-order valence-corrected chi connectivity index (χ4v) is 4.80. The molecule has 1 aromatic heterocycles. The van der Waals surface area contributed by atoms with Crippen molar-refractivity contribution < 1.29 is 4.79 Å². The highest BCUT2D eigenvalue weighted by Gasteiger charge is 2.13. The Morgan fingerprint density at radius 2 is 2.12 bits per heavy atom. The van der Waals surface area contributed by atoms with Crippen LogP contribution in [-0.2, 0) is 17.6 Å². The van der Waals surface area contributed by atoms with Gasteiger partial charge in [-0.15, -0.1) is 10.2 Å². The van der Waals surface area contributed by atoms with Crippen LogP contribution in [0, 0.1) is 0 Å². The van der Waals surface area contributed by atoms with Gasteiger partial charge in [0.15, 0.2) is 5.17 Å². The van der Waals surface area contributed by atoms with Crippen molar-refractivity contribution >= 4 is 51.3 Å². The molecule has 0 unspecified atom stereocenters. The summed E-state index contributed by atoms with van der Waals surface area (Å²) in [5.41, 5.74) is 6.61. The summed E-state index contributed by atoms with van der Waals surface area (Å²) in [5.74, 6) is 1.93. The number of amidine groups is 1. The minimum Gasteiger partial charge on any atom is -0.377 e. The van der Waals surface area contributed by atoms with Crippen LogP contribution < -0.4 is 11.1 Å². The molecular formula is C16H20N6OS3. The Morgan fingerprint density at radius 3 is 2.88 bits per heavy atom. The van der Waals surface area contributed by atoms with Gasteiger partial charge in [0.2, 0.25) is 11.0 Å². The third-order valence-electron chi connectivity index (χ3n) is 3.47. The Morgan fingerprint density at radius 1 is 1.27 bits per heavy atom. The maximum absolute atomic E-state index is 12.0. The molecule has 0 fully saturated rings. The first-order chi connectivity index (χ1) is 12.7. The molecule has 0 radical (unpaired) electrons. The van der Waals surface area contributed by atoms with Gasteiger partial charge in [0.25, 0.3) is 0 Å². The Kier molecular flexibility index (Phi) is 7.30. The molecule has 1 aliphatic rings. The first-order valence-electron chi connectivity index (χ1n) is 8.16. The molecule has 10 heteroatoms. The van der Waals surface area contributed by atoms with Crippen molar-refractivity contribution in [3.05, 3.63) is 40.9 Å². The molecule has 0 saturated carbocycles. The third kappa shape index (κ3) is 6.27. The van der Waals surface area contributed by atoms with Crippen LogP contribution >= 0.6 is 35.0 Å². The zero-order valence-corrected chi connectivity index (χ0v) is 16.6. The molecule has 138 valence electrons. The number of nitrogens with one attached hydrogen (secondary N) is 1. The van der Waals surface area contributed by atoms with Crippen LogP contribution in [0.3, 0.4) is 0 Å². The topological polar surface area (TPSA) is 96.5 Å². The van der Waals surface area contributed by atoms with Crippen LogP contribution in [0.15, 0.2) is 35.3 Å². The summed E-state index contributed by atoms with van der Waals surface area (Å²) >= 11 is 4.82. The van der Waals surface area contributed by atoms with Gasteiger partial charge in [-0.05, 0) is 23.3 Å². The fraction of sp³-hybridized carbons (Fsp3) is 0.375. The zero-order valence-electron chi connectivity index (χ0n) is 14.1. The molecule has 1 amide bonds. The van der Waals surface area contributed by atoms with Gasteiger partial charge in [0.05, 0.1) is 6.42 Å². The molecule has 0 saturated heterocycles. The number of benzene rings is 1. The van der Waals surface area contributed by atoms with Gasteiger partial charge in [0.1, 0.15) is 11.7 Å². The van der Waals surface area contributed by atoms with Gasteiger partial charge < -0.3 is 11.1 Å². The van der Waals surface area contributed by atoms with E-state index in [0.717, 1.165) is 35.0 Å². The predicted molar refractivity (Wildman–Crippen MR) is 111 cm³/mol. The second kappa shape index (κ2) is 9.91. The van der Waals surface area contributed by atoms with Crippen LogP contribution in [0.5, 0.6) is 0 Å². The molecule has 2 heterocycles. The van der Waals surface area contributed by atoms with E-state index in [2.05, 4.69) is 24.8 Å². The van der Waals surface area contributed by atoms with E-state index in [4.69, 9.17) is 5.73 Å². The molecule has 7 nitrogen and oxygen atoms in total. The van der Waals surface area contributed by atoms with E-state index >= 15 is 0 Å². The summed E-state index contributed by atoms with van der Waals surface area (Å²) in [6.07, 6.45) is 1.19. The summed E-state index contributed by atoms with van der Waals surface area (Å²) in [5, 5.41) is 13.2. The Labute approximate surface area is 165 Å². The zero-order chi connectivity index (χ0) is 18.2. The number of aromatic nitrogens is 2. The molecule has 1 aliphatic heterocycles. The lowest BCUT2D eigenvalue weighted by Gasteiger charge is -2.10. The number of rotatable bonds is 9. The van der Waals surface area contributed by atoms with Gasteiger partial charge in [0, 0.05) is 18.7 Å². The smallest absolute Gasteiger partial charge is 0.230 e. The number of aliphatic imine (C=N–C) groups is 1. The standard InChI is InChI=1S/C16H20N6OS3/c17-15-18-11-22(26-15)7-9-24-8-6-14-20-21-16(25-14)19-13(23)10-12-4-2-1-3-5-12/h1-5H,6-11H2,(H2,17,18)(H,19,21,23). The number of thioether (sulfide) groups is 1. The summed E-state index contributed by atoms with van der Waals surface area (Å²) in [7, 11) is 0. The third-order valence-corrected chi connectivity index (χ3v) is 6.21. The largest absolute Gasteiger partial charge is 0.377 e. The second-order valence-electron chi connectivity index (χ2n) is 5.51. The van der Waals surface area contributed by atoms with Crippen molar-refractivity contribution in [3.8, 4) is 0 Å². The SMILES string of the molecule is NC1=NCN(CCSCCc2nnc(NC(=O)Cc3ccccc3)s2)S1. The van der Waals surface area contributed by atoms with E-state index in [1.165, 1.54) is 23.3 Å². The molecule has 1 aromatic carbocycles. The molecule has 3 rings (SSSR count). The summed E-state index contributed by atoms with van der Waals surface area (Å²) < 4.78 is 2.15. The lowest BCUT2D eigenvalue weighted by Crippen LogP contribution is -2.17. The van der Waals surface area contributed by atoms with E-state index in [-0.39, 0.29) is 5.91 Å². The van der Waals surface area contributed by atoms with Crippen molar-refractivity contribution in [3.63, 3.8) is 0 Å². The Hall–Kier alpha value is -1.62. The summed E-state index contributed by atoms with van der Waals surface area (Å²) in [6.45, 7) is 1.63. The van der Waals surface area contributed by atoms with Crippen molar-refractivity contribution in [1.82, 2.24) is 14.5 Å². The minimum atomic E-state index is -0.0714. The van der Waals surface area contributed by atoms with E-state index in [0.29, 0.717) is 23.4 Å². The highest BCUT2D eigenvalue weighted by molar-refractivity contribution is 8.12. The van der Waals surface area contributed by atoms with E-state index in [9.17, 15) is 4.79 Å². The number of aryl methyl sites for hydroxylation is 1. The number of anilines is 1. The first kappa shape index (κ1) is 19.2. The van der Waals surface area contributed by atoms with Gasteiger partial charge in [-0.3, -0.25) is 4.79 Å². The quantitative estimate of drug-likeness (QED) is 0.485. The second-order valence-corrected chi connectivity index (χ2v) is 8.91. The number of carbonyl (C=O) groups is 1. The van der Waals surface area contributed by atoms with Crippen LogP contribution in [0.25, 0.3) is 0 Å². The van der Waals surface area contributed by atoms with Crippen molar-refractivity contribution in [2.75, 3.05) is 30.0 Å². The van der Waals surface area contributed by atoms with Crippen molar-refractivity contribution in [2.24, 2.45) is 10.7 Å². The molecule has 0 bridgehead atoms. The summed E-state index contributed by atoms with van der Waals surface area (Å²) in [4.78, 5) is 16.2. The molecule has 0 aliphatic carbocycles. The maximum Gasteiger partial charge on any atom is 0.230 e. The molecular weight excluding hydrogens is 388 g/mol. The van der Waals surface area contributed by atoms with Crippen LogP contribution in [-0.4, -0.2) is 50.3 Å². The fourth-order valence-electron chi connectivity index (χ4n) is 2.23. The lowest BCUT2D eigenvalue weighted by atomic mass is 10.1. The summed E-state index contributed by atoms with van der Waals surface area (Å²) in [6, 6.07) is 9.65. The van der Waals surface area contributed by atoms with Gasteiger partial charge in [-0.1, -0.05) is 41.7 Å². The van der Waals surface area contributed by atoms with Crippen LogP contribution in [0.2, 0.25) is 0 Å². The van der Waals surface area contributed by atoms with Crippen molar-refractivity contribution in [2.45, 2.75) is 12.8 Å².